The Bertz CT molecular complexity index is 1180. The number of carbonyl (C=O) groups is 1. The van der Waals surface area contributed by atoms with E-state index in [0.717, 1.165) is 5.56 Å². The third kappa shape index (κ3) is 4.03. The summed E-state index contributed by atoms with van der Waals surface area (Å²) in [5, 5.41) is 13.8. The van der Waals surface area contributed by atoms with Crippen LogP contribution < -0.4 is 14.2 Å². The largest absolute Gasteiger partial charge is 0.618 e. The lowest BCUT2D eigenvalue weighted by Gasteiger charge is -2.14. The van der Waals surface area contributed by atoms with E-state index in [2.05, 4.69) is 0 Å². The molecule has 1 aromatic heterocycles. The molecule has 0 amide bonds. The number of nitrogens with zero attached hydrogens (tertiary/aromatic N) is 1. The first kappa shape index (κ1) is 19.3. The van der Waals surface area contributed by atoms with Crippen molar-refractivity contribution in [3.63, 3.8) is 0 Å². The van der Waals surface area contributed by atoms with Crippen molar-refractivity contribution in [2.24, 2.45) is 0 Å². The number of aromatic nitrogens is 1. The quantitative estimate of drug-likeness (QED) is 0.268. The van der Waals surface area contributed by atoms with E-state index in [1.165, 1.54) is 13.3 Å². The highest BCUT2D eigenvalue weighted by Crippen LogP contribution is 2.32. The van der Waals surface area contributed by atoms with Gasteiger partial charge in [0, 0.05) is 5.39 Å². The summed E-state index contributed by atoms with van der Waals surface area (Å²) in [6.07, 6.45) is 1.31. The maximum atomic E-state index is 12.6. The Balaban J connectivity index is 1.75. The number of carbonyl (C=O) groups excluding carboxylic acids is 1. The van der Waals surface area contributed by atoms with E-state index < -0.39 is 5.97 Å². The minimum atomic E-state index is -0.764. The molecule has 1 heterocycles. The van der Waals surface area contributed by atoms with Crippen molar-refractivity contribution in [2.75, 3.05) is 7.11 Å². The zero-order valence-electron chi connectivity index (χ0n) is 16.3. The number of hydrogen-bond donors (Lipinski definition) is 0. The maximum absolute atomic E-state index is 12.6. The van der Waals surface area contributed by atoms with Crippen LogP contribution in [0.2, 0.25) is 0 Å². The van der Waals surface area contributed by atoms with Gasteiger partial charge in [0.25, 0.3) is 0 Å². The first-order valence-electron chi connectivity index (χ1n) is 9.33. The third-order valence-corrected chi connectivity index (χ3v) is 4.54. The van der Waals surface area contributed by atoms with Crippen LogP contribution in [0.15, 0.2) is 85.1 Å². The minimum Gasteiger partial charge on any atom is -0.618 e. The number of benzene rings is 3. The van der Waals surface area contributed by atoms with Crippen LogP contribution in [0.5, 0.6) is 17.2 Å². The van der Waals surface area contributed by atoms with Gasteiger partial charge >= 0.3 is 11.7 Å². The molecule has 0 radical (unpaired) electrons. The summed E-state index contributed by atoms with van der Waals surface area (Å²) in [6.45, 7) is 0.201. The van der Waals surface area contributed by atoms with Gasteiger partial charge in [-0.05, 0) is 35.9 Å². The normalized spacial score (nSPS) is 10.6. The predicted molar refractivity (Wildman–Crippen MR) is 112 cm³/mol. The number of pyridine rings is 1. The average molecular weight is 401 g/mol. The molecular weight excluding hydrogens is 382 g/mol. The second kappa shape index (κ2) is 8.53. The topological polar surface area (TPSA) is 71.7 Å². The zero-order chi connectivity index (χ0) is 20.9. The Morgan fingerprint density at radius 2 is 1.63 bits per heavy atom. The van der Waals surface area contributed by atoms with Gasteiger partial charge in [0.1, 0.15) is 18.1 Å². The van der Waals surface area contributed by atoms with Gasteiger partial charge in [0.2, 0.25) is 5.75 Å². The van der Waals surface area contributed by atoms with Crippen LogP contribution >= 0.6 is 0 Å². The highest BCUT2D eigenvalue weighted by atomic mass is 16.5. The molecule has 6 nitrogen and oxygen atoms in total. The fourth-order valence-corrected chi connectivity index (χ4v) is 3.12. The summed E-state index contributed by atoms with van der Waals surface area (Å²) in [4.78, 5) is 12.3. The van der Waals surface area contributed by atoms with E-state index in [1.807, 2.05) is 60.7 Å². The Morgan fingerprint density at radius 1 is 0.933 bits per heavy atom. The van der Waals surface area contributed by atoms with Gasteiger partial charge in [-0.2, -0.15) is 4.73 Å². The van der Waals surface area contributed by atoms with Gasteiger partial charge in [-0.25, -0.2) is 4.79 Å². The number of esters is 1. The highest BCUT2D eigenvalue weighted by Gasteiger charge is 2.27. The number of fused-ring (bicyclic) bond motifs is 1. The van der Waals surface area contributed by atoms with Crippen LogP contribution in [-0.4, -0.2) is 13.1 Å². The molecular formula is C24H19NO5. The molecule has 0 aliphatic rings. The van der Waals surface area contributed by atoms with Gasteiger partial charge in [0.05, 0.1) is 12.5 Å². The number of ether oxygens (including phenoxy) is 3. The fourth-order valence-electron chi connectivity index (χ4n) is 3.12. The van der Waals surface area contributed by atoms with Gasteiger partial charge in [-0.15, -0.1) is 0 Å². The van der Waals surface area contributed by atoms with Crippen molar-refractivity contribution in [2.45, 2.75) is 6.61 Å². The molecule has 0 bridgehead atoms. The van der Waals surface area contributed by atoms with Crippen LogP contribution in [0.25, 0.3) is 10.8 Å². The van der Waals surface area contributed by atoms with E-state index >= 15 is 0 Å². The van der Waals surface area contributed by atoms with E-state index in [9.17, 15) is 10.0 Å². The summed E-state index contributed by atoms with van der Waals surface area (Å²) in [5.41, 5.74) is 0.712. The molecule has 3 aromatic carbocycles. The average Bonchev–Trinajstić information content (AvgIpc) is 2.78. The summed E-state index contributed by atoms with van der Waals surface area (Å²) >= 11 is 0. The minimum absolute atomic E-state index is 0.171. The molecule has 0 unspecified atom stereocenters. The molecule has 4 rings (SSSR count). The monoisotopic (exact) mass is 401 g/mol. The number of para-hydroxylation sites is 1. The summed E-state index contributed by atoms with van der Waals surface area (Å²) in [6, 6.07) is 24.1. The van der Waals surface area contributed by atoms with E-state index in [-0.39, 0.29) is 18.1 Å². The molecule has 4 aromatic rings. The lowest BCUT2D eigenvalue weighted by molar-refractivity contribution is -0.607. The lowest BCUT2D eigenvalue weighted by atomic mass is 10.1. The molecule has 0 fully saturated rings. The number of hydrogen-bond acceptors (Lipinski definition) is 5. The van der Waals surface area contributed by atoms with E-state index in [1.54, 1.807) is 18.2 Å². The SMILES string of the molecule is COC(=O)c1c(OCc2ccccc2)c2ccc(Oc3ccccc3)cc2c[n+]1[O-]. The molecule has 0 saturated heterocycles. The predicted octanol–water partition coefficient (Wildman–Crippen LogP) is 4.63. The van der Waals surface area contributed by atoms with Crippen LogP contribution in [0, 0.1) is 5.21 Å². The molecule has 30 heavy (non-hydrogen) atoms. The van der Waals surface area contributed by atoms with E-state index in [0.29, 0.717) is 27.0 Å². The van der Waals surface area contributed by atoms with Crippen molar-refractivity contribution < 1.29 is 23.7 Å². The van der Waals surface area contributed by atoms with Crippen molar-refractivity contribution in [3.8, 4) is 17.2 Å². The fraction of sp³-hybridized carbons (Fsp3) is 0.0833. The molecule has 0 spiro atoms. The van der Waals surface area contributed by atoms with Gasteiger partial charge in [0.15, 0.2) is 6.20 Å². The smallest absolute Gasteiger partial charge is 0.408 e. The van der Waals surface area contributed by atoms with Gasteiger partial charge in [-0.1, -0.05) is 48.5 Å². The highest BCUT2D eigenvalue weighted by molar-refractivity contribution is 5.98. The summed E-state index contributed by atoms with van der Waals surface area (Å²) in [7, 11) is 1.23. The first-order valence-corrected chi connectivity index (χ1v) is 9.33. The molecule has 0 saturated carbocycles. The number of rotatable bonds is 6. The van der Waals surface area contributed by atoms with Crippen LogP contribution in [0.1, 0.15) is 16.1 Å². The molecule has 0 aliphatic heterocycles. The molecule has 0 aliphatic carbocycles. The van der Waals surface area contributed by atoms with Crippen molar-refractivity contribution in [1.29, 1.82) is 0 Å². The Labute approximate surface area is 173 Å². The summed E-state index contributed by atoms with van der Waals surface area (Å²) in [5.74, 6) is 0.649. The van der Waals surface area contributed by atoms with Crippen molar-refractivity contribution >= 4 is 16.7 Å². The second-order valence-electron chi connectivity index (χ2n) is 6.56. The Hall–Kier alpha value is -4.06. The van der Waals surface area contributed by atoms with Gasteiger partial charge in [-0.3, -0.25) is 0 Å². The second-order valence-corrected chi connectivity index (χ2v) is 6.56. The standard InChI is InChI=1S/C24H19NO5/c1-28-24(26)22-23(29-16-17-8-4-2-5-9-17)21-13-12-20(14-18(21)15-25(22)27)30-19-10-6-3-7-11-19/h2-15H,16H2,1H3. The first-order chi connectivity index (χ1) is 14.7. The van der Waals surface area contributed by atoms with Crippen molar-refractivity contribution in [3.05, 3.63) is 102 Å². The summed E-state index contributed by atoms with van der Waals surface area (Å²) < 4.78 is 17.1. The zero-order valence-corrected chi connectivity index (χ0v) is 16.3. The van der Waals surface area contributed by atoms with Gasteiger partial charge < -0.3 is 19.4 Å². The Morgan fingerprint density at radius 3 is 2.33 bits per heavy atom. The molecule has 150 valence electrons. The Kier molecular flexibility index (Phi) is 5.48. The van der Waals surface area contributed by atoms with Crippen LogP contribution in [-0.2, 0) is 11.3 Å². The lowest BCUT2D eigenvalue weighted by Crippen LogP contribution is -2.35. The van der Waals surface area contributed by atoms with E-state index in [4.69, 9.17) is 14.2 Å². The number of methoxy groups -OCH3 is 1. The third-order valence-electron chi connectivity index (χ3n) is 4.54. The van der Waals surface area contributed by atoms with Crippen LogP contribution in [0.4, 0.5) is 0 Å². The molecule has 0 N–H and O–H groups in total. The van der Waals surface area contributed by atoms with Crippen LogP contribution in [0.3, 0.4) is 0 Å². The van der Waals surface area contributed by atoms with Crippen molar-refractivity contribution in [1.82, 2.24) is 0 Å². The maximum Gasteiger partial charge on any atom is 0.408 e. The molecule has 0 atom stereocenters. The molecule has 6 heteroatoms.